The van der Waals surface area contributed by atoms with Gasteiger partial charge >= 0.3 is 61.3 Å². The Morgan fingerprint density at radius 3 is 2.43 bits per heavy atom. The number of hydrogen-bond donors (Lipinski definition) is 2. The van der Waals surface area contributed by atoms with Crippen molar-refractivity contribution in [2.75, 3.05) is 5.75 Å². The Morgan fingerprint density at radius 2 is 2.43 bits per heavy atom. The van der Waals surface area contributed by atoms with Crippen LogP contribution in [0.2, 0.25) is 0 Å². The van der Waals surface area contributed by atoms with E-state index in [1.807, 2.05) is 0 Å². The summed E-state index contributed by atoms with van der Waals surface area (Å²) in [6, 6.07) is -0.314. The van der Waals surface area contributed by atoms with Gasteiger partial charge in [-0.05, 0) is 0 Å². The van der Waals surface area contributed by atoms with Gasteiger partial charge in [-0.15, -0.1) is 0 Å². The van der Waals surface area contributed by atoms with E-state index in [2.05, 4.69) is 12.6 Å². The second-order valence-corrected chi connectivity index (χ2v) is 3.18. The van der Waals surface area contributed by atoms with Crippen LogP contribution >= 0.6 is 12.6 Å². The molecule has 0 saturated heterocycles. The zero-order valence-electron chi connectivity index (χ0n) is 3.79. The molecule has 0 aromatic rings. The predicted molar refractivity (Wildman–Crippen MR) is 34.0 cm³/mol. The third-order valence-corrected chi connectivity index (χ3v) is 2.18. The number of thiol groups is 1. The molecule has 0 aliphatic heterocycles. The van der Waals surface area contributed by atoms with E-state index in [-0.39, 0.29) is 9.84 Å². The van der Waals surface area contributed by atoms with Gasteiger partial charge in [0, 0.05) is 0 Å². The maximum atomic E-state index is 10.3. The van der Waals surface area contributed by atoms with Crippen LogP contribution in [0.5, 0.6) is 0 Å². The van der Waals surface area contributed by atoms with Gasteiger partial charge in [-0.3, -0.25) is 0 Å². The van der Waals surface area contributed by atoms with Crippen molar-refractivity contribution in [3.63, 3.8) is 0 Å². The molecule has 0 aliphatic rings. The standard InChI is InChI=1S/C3H6NOS.Sn.H/c4-3(1-5)2-6;;/h3,6H,2,4H2;;/t3-;;/m1../s1. The monoisotopic (exact) mass is 225 g/mol. The molecule has 0 aromatic heterocycles. The van der Waals surface area contributed by atoms with Crippen molar-refractivity contribution in [1.29, 1.82) is 0 Å². The fourth-order valence-electron chi connectivity index (χ4n) is 0.0900. The van der Waals surface area contributed by atoms with E-state index in [1.165, 1.54) is 0 Å². The minimum absolute atomic E-state index is 0.125. The average Bonchev–Trinajstić information content (AvgIpc) is 1.65. The first-order valence-corrected chi connectivity index (χ1v) is 4.12. The van der Waals surface area contributed by atoms with Crippen LogP contribution in [0.25, 0.3) is 0 Å². The summed E-state index contributed by atoms with van der Waals surface area (Å²) in [6.45, 7) is 0. The van der Waals surface area contributed by atoms with Crippen molar-refractivity contribution in [3.05, 3.63) is 0 Å². The number of hydrogen-bond acceptors (Lipinski definition) is 3. The van der Waals surface area contributed by atoms with Gasteiger partial charge in [0.25, 0.3) is 0 Å². The van der Waals surface area contributed by atoms with Crippen LogP contribution < -0.4 is 5.73 Å². The fraction of sp³-hybridized carbons (Fsp3) is 0.667. The number of rotatable bonds is 2. The van der Waals surface area contributed by atoms with Crippen molar-refractivity contribution < 1.29 is 4.79 Å². The molecule has 0 spiro atoms. The zero-order valence-corrected chi connectivity index (χ0v) is 7.98. The molecule has 40 valence electrons. The minimum atomic E-state index is -0.314. The van der Waals surface area contributed by atoms with Crippen LogP contribution in [0, 0.1) is 0 Å². The normalized spacial score (nSPS) is 13.6. The molecule has 0 rings (SSSR count). The Hall–Kier alpha value is 0.779. The molecular formula is C3H7NOSSn. The van der Waals surface area contributed by atoms with Gasteiger partial charge in [0.05, 0.1) is 0 Å². The molecule has 7 heavy (non-hydrogen) atoms. The van der Waals surface area contributed by atoms with Crippen LogP contribution in [0.3, 0.4) is 0 Å². The van der Waals surface area contributed by atoms with Gasteiger partial charge in [-0.25, -0.2) is 0 Å². The third-order valence-electron chi connectivity index (χ3n) is 0.562. The molecule has 0 saturated carbocycles. The fourth-order valence-corrected chi connectivity index (χ4v) is 1.17. The summed E-state index contributed by atoms with van der Waals surface area (Å²) in [7, 11) is 0. The zero-order chi connectivity index (χ0) is 5.86. The Kier molecular flexibility index (Phi) is 4.16. The number of carbonyl (C=O) groups is 1. The van der Waals surface area contributed by atoms with Crippen LogP contribution in [0.1, 0.15) is 0 Å². The summed E-state index contributed by atoms with van der Waals surface area (Å²) < 4.78 is 0.125. The predicted octanol–water partition coefficient (Wildman–Crippen LogP) is -1.33. The van der Waals surface area contributed by atoms with Crippen LogP contribution in [-0.4, -0.2) is 38.1 Å². The second-order valence-electron chi connectivity index (χ2n) is 1.19. The van der Waals surface area contributed by atoms with Crippen molar-refractivity contribution >= 4 is 39.0 Å². The first kappa shape index (κ1) is 7.78. The number of carbonyl (C=O) groups excluding carboxylic acids is 1. The summed E-state index contributed by atoms with van der Waals surface area (Å²) in [6.07, 6.45) is 0. The molecule has 0 heterocycles. The SMILES string of the molecule is N[C@@H](CS)[C](=O)[SnH]. The molecule has 0 bridgehead atoms. The second kappa shape index (κ2) is 3.74. The molecule has 0 aliphatic carbocycles. The van der Waals surface area contributed by atoms with E-state index in [0.717, 1.165) is 0 Å². The van der Waals surface area contributed by atoms with E-state index in [1.54, 1.807) is 0 Å². The summed E-state index contributed by atoms with van der Waals surface area (Å²) in [5.41, 5.74) is 5.22. The van der Waals surface area contributed by atoms with Gasteiger partial charge in [0.2, 0.25) is 0 Å². The molecule has 2 radical (unpaired) electrons. The Morgan fingerprint density at radius 1 is 2.00 bits per heavy atom. The van der Waals surface area contributed by atoms with E-state index >= 15 is 0 Å². The molecule has 2 N–H and O–H groups in total. The van der Waals surface area contributed by atoms with E-state index < -0.39 is 0 Å². The molecule has 0 aromatic carbocycles. The van der Waals surface area contributed by atoms with Gasteiger partial charge in [-0.2, -0.15) is 0 Å². The average molecular weight is 224 g/mol. The van der Waals surface area contributed by atoms with Gasteiger partial charge < -0.3 is 0 Å². The summed E-state index contributed by atoms with van der Waals surface area (Å²) in [4.78, 5) is 10.3. The molecule has 4 heteroatoms. The first-order valence-electron chi connectivity index (χ1n) is 1.84. The van der Waals surface area contributed by atoms with Crippen molar-refractivity contribution in [3.8, 4) is 0 Å². The quantitative estimate of drug-likeness (QED) is 0.450. The van der Waals surface area contributed by atoms with E-state index in [9.17, 15) is 4.79 Å². The molecule has 2 nitrogen and oxygen atoms in total. The summed E-state index contributed by atoms with van der Waals surface area (Å²) in [5, 5.41) is 0. The first-order chi connectivity index (χ1) is 3.18. The molecule has 0 amide bonds. The van der Waals surface area contributed by atoms with Gasteiger partial charge in [0.15, 0.2) is 0 Å². The van der Waals surface area contributed by atoms with Crippen LogP contribution in [0.15, 0.2) is 0 Å². The van der Waals surface area contributed by atoms with Gasteiger partial charge in [0.1, 0.15) is 0 Å². The van der Waals surface area contributed by atoms with Gasteiger partial charge in [-0.1, -0.05) is 0 Å². The molecule has 1 atom stereocenters. The molecule has 0 unspecified atom stereocenters. The maximum absolute atomic E-state index is 10.3. The van der Waals surface area contributed by atoms with Crippen molar-refractivity contribution in [2.24, 2.45) is 5.73 Å². The van der Waals surface area contributed by atoms with Crippen LogP contribution in [0.4, 0.5) is 0 Å². The Bertz CT molecular complexity index is 77.3. The number of nitrogens with two attached hydrogens (primary N) is 1. The molecular weight excluding hydrogens is 217 g/mol. The van der Waals surface area contributed by atoms with Crippen molar-refractivity contribution in [1.82, 2.24) is 0 Å². The summed E-state index contributed by atoms with van der Waals surface area (Å²) in [5.74, 6) is 0.472. The van der Waals surface area contributed by atoms with Crippen LogP contribution in [-0.2, 0) is 4.79 Å². The molecule has 0 fully saturated rings. The van der Waals surface area contributed by atoms with E-state index in [4.69, 9.17) is 5.73 Å². The Labute approximate surface area is 61.3 Å². The van der Waals surface area contributed by atoms with E-state index in [0.29, 0.717) is 28.3 Å². The van der Waals surface area contributed by atoms with Crippen molar-refractivity contribution in [2.45, 2.75) is 6.04 Å². The Balaban J connectivity index is 3.34. The third kappa shape index (κ3) is 3.37. The topological polar surface area (TPSA) is 43.1 Å². The summed E-state index contributed by atoms with van der Waals surface area (Å²) >= 11 is 4.44.